The Kier molecular flexibility index (Phi) is 9.28. The highest BCUT2D eigenvalue weighted by Gasteiger charge is 2.30. The number of amides is 2. The van der Waals surface area contributed by atoms with Crippen LogP contribution in [0.1, 0.15) is 45.0 Å². The fourth-order valence-electron chi connectivity index (χ4n) is 4.63. The Labute approximate surface area is 235 Å². The Morgan fingerprint density at radius 3 is 2.44 bits per heavy atom. The molecule has 1 fully saturated rings. The summed E-state index contributed by atoms with van der Waals surface area (Å²) in [6.45, 7) is 4.44. The van der Waals surface area contributed by atoms with Gasteiger partial charge in [-0.2, -0.15) is 18.3 Å². The van der Waals surface area contributed by atoms with Crippen molar-refractivity contribution in [1.82, 2.24) is 25.1 Å². The summed E-state index contributed by atoms with van der Waals surface area (Å²) in [5.41, 5.74) is 1.64. The molecular weight excluding hydrogens is 559 g/mol. The normalized spacial score (nSPS) is 16.4. The molecule has 41 heavy (non-hydrogen) atoms. The number of hydrogen-bond donors (Lipinski definition) is 3. The molecular formula is C28H30F3N5O4S. The van der Waals surface area contributed by atoms with Crippen molar-refractivity contribution in [3.63, 3.8) is 0 Å². The molecule has 0 bridgehead atoms. The quantitative estimate of drug-likeness (QED) is 0.315. The zero-order valence-electron chi connectivity index (χ0n) is 22.0. The SMILES string of the molecule is C=CS(=O)(=O)NCC1CCN(C(=O)c2ccc(C(Cc3cn[nH]c3)C(=O)NCc3ccc(C(F)(F)F)cc3)cc2)C1. The summed E-state index contributed by atoms with van der Waals surface area (Å²) >= 11 is 0. The molecule has 3 aromatic rings. The first-order valence-electron chi connectivity index (χ1n) is 12.9. The van der Waals surface area contributed by atoms with Crippen LogP contribution in [0, 0.1) is 5.92 Å². The van der Waals surface area contributed by atoms with Crippen LogP contribution in [0.2, 0.25) is 0 Å². The highest BCUT2D eigenvalue weighted by Crippen LogP contribution is 2.29. The van der Waals surface area contributed by atoms with E-state index in [0.29, 0.717) is 42.6 Å². The van der Waals surface area contributed by atoms with Crippen LogP contribution < -0.4 is 10.0 Å². The smallest absolute Gasteiger partial charge is 0.351 e. The first-order valence-corrected chi connectivity index (χ1v) is 14.4. The lowest BCUT2D eigenvalue weighted by molar-refractivity contribution is -0.137. The van der Waals surface area contributed by atoms with Gasteiger partial charge in [0.15, 0.2) is 0 Å². The minimum Gasteiger partial charge on any atom is -0.351 e. The minimum atomic E-state index is -4.44. The van der Waals surface area contributed by atoms with Gasteiger partial charge in [0.05, 0.1) is 17.7 Å². The third-order valence-corrected chi connectivity index (χ3v) is 7.99. The fraction of sp³-hybridized carbons (Fsp3) is 0.321. The summed E-state index contributed by atoms with van der Waals surface area (Å²) in [5, 5.41) is 10.3. The topological polar surface area (TPSA) is 124 Å². The van der Waals surface area contributed by atoms with Gasteiger partial charge in [-0.3, -0.25) is 14.7 Å². The van der Waals surface area contributed by atoms with Crippen molar-refractivity contribution in [2.45, 2.75) is 31.5 Å². The number of nitrogens with one attached hydrogen (secondary N) is 3. The standard InChI is InChI=1S/C28H30F3N5O4S/c1-2-41(39,40)35-17-20-11-12-36(18-20)27(38)23-7-5-22(6-8-23)25(13-21-15-33-34-16-21)26(37)32-14-19-3-9-24(10-4-19)28(29,30)31/h2-10,15-16,20,25,35H,1,11-14,17-18H2,(H,32,37)(H,33,34). The van der Waals surface area contributed by atoms with Gasteiger partial charge in [-0.25, -0.2) is 13.1 Å². The average Bonchev–Trinajstić information content (AvgIpc) is 3.66. The number of carbonyl (C=O) groups excluding carboxylic acids is 2. The Hall–Kier alpha value is -3.97. The molecule has 2 atom stereocenters. The van der Waals surface area contributed by atoms with E-state index in [9.17, 15) is 31.2 Å². The number of halogens is 3. The average molecular weight is 590 g/mol. The molecule has 1 aliphatic heterocycles. The molecule has 0 aliphatic carbocycles. The molecule has 1 aliphatic rings. The predicted molar refractivity (Wildman–Crippen MR) is 146 cm³/mol. The Morgan fingerprint density at radius 2 is 1.83 bits per heavy atom. The zero-order valence-corrected chi connectivity index (χ0v) is 22.8. The summed E-state index contributed by atoms with van der Waals surface area (Å²) in [6, 6.07) is 11.3. The van der Waals surface area contributed by atoms with E-state index >= 15 is 0 Å². The second-order valence-electron chi connectivity index (χ2n) is 9.86. The summed E-state index contributed by atoms with van der Waals surface area (Å²) in [4.78, 5) is 28.0. The van der Waals surface area contributed by atoms with Crippen LogP contribution in [0.5, 0.6) is 0 Å². The van der Waals surface area contributed by atoms with Gasteiger partial charge in [0.1, 0.15) is 0 Å². The maximum absolute atomic E-state index is 13.2. The van der Waals surface area contributed by atoms with Crippen molar-refractivity contribution in [1.29, 1.82) is 0 Å². The molecule has 218 valence electrons. The third-order valence-electron chi connectivity index (χ3n) is 6.98. The van der Waals surface area contributed by atoms with Crippen molar-refractivity contribution >= 4 is 21.8 Å². The number of aromatic amines is 1. The van der Waals surface area contributed by atoms with Crippen molar-refractivity contribution < 1.29 is 31.2 Å². The van der Waals surface area contributed by atoms with Crippen LogP contribution >= 0.6 is 0 Å². The number of rotatable bonds is 11. The van der Waals surface area contributed by atoms with E-state index in [1.807, 2.05) is 0 Å². The summed E-state index contributed by atoms with van der Waals surface area (Å²) in [7, 11) is -3.53. The van der Waals surface area contributed by atoms with Crippen LogP contribution in [-0.4, -0.2) is 55.0 Å². The van der Waals surface area contributed by atoms with Gasteiger partial charge in [0, 0.05) is 43.3 Å². The van der Waals surface area contributed by atoms with E-state index in [1.54, 1.807) is 41.6 Å². The predicted octanol–water partition coefficient (Wildman–Crippen LogP) is 3.60. The molecule has 13 heteroatoms. The third kappa shape index (κ3) is 8.04. The summed E-state index contributed by atoms with van der Waals surface area (Å²) in [5.74, 6) is -1.17. The van der Waals surface area contributed by atoms with Crippen LogP contribution in [0.3, 0.4) is 0 Å². The Morgan fingerprint density at radius 1 is 1.12 bits per heavy atom. The van der Waals surface area contributed by atoms with Crippen LogP contribution in [0.25, 0.3) is 0 Å². The molecule has 9 nitrogen and oxygen atoms in total. The number of benzene rings is 2. The number of hydrogen-bond acceptors (Lipinski definition) is 5. The minimum absolute atomic E-state index is 0.0133. The monoisotopic (exact) mass is 589 g/mol. The largest absolute Gasteiger partial charge is 0.416 e. The maximum atomic E-state index is 13.2. The molecule has 0 spiro atoms. The Balaban J connectivity index is 1.41. The lowest BCUT2D eigenvalue weighted by Crippen LogP contribution is -2.32. The first kappa shape index (κ1) is 30.0. The maximum Gasteiger partial charge on any atom is 0.416 e. The molecule has 3 N–H and O–H groups in total. The fourth-order valence-corrected chi connectivity index (χ4v) is 5.21. The van der Waals surface area contributed by atoms with E-state index in [2.05, 4.69) is 26.8 Å². The van der Waals surface area contributed by atoms with Crippen molar-refractivity contribution in [2.24, 2.45) is 5.92 Å². The lowest BCUT2D eigenvalue weighted by Gasteiger charge is -2.19. The van der Waals surface area contributed by atoms with E-state index in [1.165, 1.54) is 12.1 Å². The van der Waals surface area contributed by atoms with Crippen LogP contribution in [-0.2, 0) is 34.0 Å². The highest BCUT2D eigenvalue weighted by atomic mass is 32.2. The van der Waals surface area contributed by atoms with Gasteiger partial charge in [-0.05, 0) is 59.7 Å². The van der Waals surface area contributed by atoms with Gasteiger partial charge in [-0.1, -0.05) is 30.8 Å². The molecule has 2 amide bonds. The highest BCUT2D eigenvalue weighted by molar-refractivity contribution is 7.92. The molecule has 2 aromatic carbocycles. The van der Waals surface area contributed by atoms with Gasteiger partial charge in [-0.15, -0.1) is 0 Å². The number of likely N-dealkylation sites (tertiary alicyclic amines) is 1. The number of aromatic nitrogens is 2. The van der Waals surface area contributed by atoms with Crippen LogP contribution in [0.15, 0.2) is 72.9 Å². The number of alkyl halides is 3. The molecule has 4 rings (SSSR count). The number of H-pyrrole nitrogens is 1. The van der Waals surface area contributed by atoms with E-state index in [0.717, 1.165) is 23.1 Å². The number of nitrogens with zero attached hydrogens (tertiary/aromatic N) is 2. The van der Waals surface area contributed by atoms with Crippen molar-refractivity contribution in [3.05, 3.63) is 101 Å². The summed E-state index contributed by atoms with van der Waals surface area (Å²) < 4.78 is 64.2. The zero-order chi connectivity index (χ0) is 29.6. The number of carbonyl (C=O) groups is 2. The van der Waals surface area contributed by atoms with E-state index in [4.69, 9.17) is 0 Å². The lowest BCUT2D eigenvalue weighted by atomic mass is 9.91. The molecule has 1 aromatic heterocycles. The second kappa shape index (κ2) is 12.7. The number of sulfonamides is 1. The molecule has 1 saturated heterocycles. The first-order chi connectivity index (χ1) is 19.4. The van der Waals surface area contributed by atoms with E-state index < -0.39 is 27.7 Å². The van der Waals surface area contributed by atoms with Gasteiger partial charge in [0.25, 0.3) is 5.91 Å². The van der Waals surface area contributed by atoms with E-state index in [-0.39, 0.29) is 30.8 Å². The molecule has 0 radical (unpaired) electrons. The van der Waals surface area contributed by atoms with Gasteiger partial charge < -0.3 is 10.2 Å². The van der Waals surface area contributed by atoms with Crippen molar-refractivity contribution in [2.75, 3.05) is 19.6 Å². The summed E-state index contributed by atoms with van der Waals surface area (Å²) in [6.07, 6.45) is -0.181. The second-order valence-corrected chi connectivity index (χ2v) is 11.6. The van der Waals surface area contributed by atoms with Crippen LogP contribution in [0.4, 0.5) is 13.2 Å². The van der Waals surface area contributed by atoms with Gasteiger partial charge >= 0.3 is 6.18 Å². The molecule has 2 heterocycles. The van der Waals surface area contributed by atoms with Gasteiger partial charge in [0.2, 0.25) is 15.9 Å². The van der Waals surface area contributed by atoms with Crippen molar-refractivity contribution in [3.8, 4) is 0 Å². The molecule has 0 saturated carbocycles. The Bertz CT molecular complexity index is 1460. The molecule has 2 unspecified atom stereocenters.